The fourth-order valence-corrected chi connectivity index (χ4v) is 4.70. The minimum atomic E-state index is -3.56. The summed E-state index contributed by atoms with van der Waals surface area (Å²) in [6.45, 7) is 0.555. The van der Waals surface area contributed by atoms with Crippen molar-refractivity contribution < 1.29 is 18.3 Å². The lowest BCUT2D eigenvalue weighted by molar-refractivity contribution is -0.126. The second kappa shape index (κ2) is 8.85. The first-order chi connectivity index (χ1) is 13.4. The van der Waals surface area contributed by atoms with Crippen LogP contribution in [0.25, 0.3) is 0 Å². The van der Waals surface area contributed by atoms with Crippen LogP contribution in [0.4, 0.5) is 0 Å². The quantitative estimate of drug-likeness (QED) is 0.523. The second-order valence-corrected chi connectivity index (χ2v) is 9.28. The Morgan fingerprint density at radius 3 is 2.43 bits per heavy atom. The molecule has 1 heterocycles. The molecule has 1 amide bonds. The normalized spacial score (nSPS) is 16.3. The number of halogens is 1. The predicted octanol–water partition coefficient (Wildman–Crippen LogP) is 2.71. The van der Waals surface area contributed by atoms with Crippen molar-refractivity contribution in [2.75, 3.05) is 13.1 Å². The lowest BCUT2D eigenvalue weighted by atomic mass is 9.98. The highest BCUT2D eigenvalue weighted by Gasteiger charge is 2.32. The van der Waals surface area contributed by atoms with Crippen LogP contribution in [-0.2, 0) is 14.8 Å². The van der Waals surface area contributed by atoms with E-state index in [-0.39, 0.29) is 35.6 Å². The molecule has 1 saturated heterocycles. The molecule has 28 heavy (non-hydrogen) atoms. The van der Waals surface area contributed by atoms with Crippen LogP contribution in [0.2, 0.25) is 0 Å². The van der Waals surface area contributed by atoms with Gasteiger partial charge in [-0.2, -0.15) is 9.41 Å². The molecule has 2 N–H and O–H groups in total. The van der Waals surface area contributed by atoms with Gasteiger partial charge in [0.1, 0.15) is 5.75 Å². The summed E-state index contributed by atoms with van der Waals surface area (Å²) in [5, 5.41) is 13.6. The number of aromatic hydroxyl groups is 1. The van der Waals surface area contributed by atoms with Crippen LogP contribution < -0.4 is 5.43 Å². The maximum Gasteiger partial charge on any atom is 0.243 e. The molecular formula is C19H20BrN3O4S. The number of sulfonamides is 1. The van der Waals surface area contributed by atoms with Crippen molar-refractivity contribution in [3.8, 4) is 5.75 Å². The fourth-order valence-electron chi connectivity index (χ4n) is 2.97. The smallest absolute Gasteiger partial charge is 0.243 e. The predicted molar refractivity (Wildman–Crippen MR) is 109 cm³/mol. The summed E-state index contributed by atoms with van der Waals surface area (Å²) < 4.78 is 27.6. The third-order valence-electron chi connectivity index (χ3n) is 4.59. The van der Waals surface area contributed by atoms with Gasteiger partial charge < -0.3 is 5.11 Å². The third kappa shape index (κ3) is 4.78. The van der Waals surface area contributed by atoms with Crippen LogP contribution in [0.3, 0.4) is 0 Å². The van der Waals surface area contributed by atoms with Gasteiger partial charge in [-0.1, -0.05) is 28.1 Å². The van der Waals surface area contributed by atoms with Gasteiger partial charge in [-0.25, -0.2) is 13.8 Å². The first-order valence-electron chi connectivity index (χ1n) is 8.74. The SMILES string of the molecule is O=C(N/N=C\c1ccccc1O)C1CCN(S(=O)(=O)c2ccc(Br)cc2)CC1. The summed E-state index contributed by atoms with van der Waals surface area (Å²) in [5.41, 5.74) is 2.96. The minimum absolute atomic E-state index is 0.0759. The van der Waals surface area contributed by atoms with Crippen molar-refractivity contribution in [2.45, 2.75) is 17.7 Å². The zero-order valence-electron chi connectivity index (χ0n) is 15.0. The molecule has 0 bridgehead atoms. The van der Waals surface area contributed by atoms with Crippen molar-refractivity contribution in [1.82, 2.24) is 9.73 Å². The molecule has 1 fully saturated rings. The standard InChI is InChI=1S/C19H20BrN3O4S/c20-16-5-7-17(8-6-16)28(26,27)23-11-9-14(10-12-23)19(25)22-21-13-15-3-1-2-4-18(15)24/h1-8,13-14,24H,9-12H2,(H,22,25)/b21-13-. The average Bonchev–Trinajstić information content (AvgIpc) is 2.70. The number of amides is 1. The molecule has 0 radical (unpaired) electrons. The maximum atomic E-state index is 12.7. The van der Waals surface area contributed by atoms with Gasteiger partial charge in [0, 0.05) is 29.0 Å². The molecule has 0 atom stereocenters. The molecule has 0 saturated carbocycles. The van der Waals surface area contributed by atoms with Crippen molar-refractivity contribution >= 4 is 38.1 Å². The zero-order chi connectivity index (χ0) is 20.1. The summed E-state index contributed by atoms with van der Waals surface area (Å²) in [6.07, 6.45) is 2.22. The van der Waals surface area contributed by atoms with E-state index in [1.165, 1.54) is 16.6 Å². The number of hydrazone groups is 1. The largest absolute Gasteiger partial charge is 0.507 e. The first kappa shape index (κ1) is 20.5. The number of para-hydroxylation sites is 1. The highest BCUT2D eigenvalue weighted by molar-refractivity contribution is 9.10. The number of hydrogen-bond donors (Lipinski definition) is 2. The van der Waals surface area contributed by atoms with Gasteiger partial charge in [0.25, 0.3) is 0 Å². The van der Waals surface area contributed by atoms with Gasteiger partial charge in [-0.05, 0) is 49.2 Å². The Morgan fingerprint density at radius 2 is 1.79 bits per heavy atom. The summed E-state index contributed by atoms with van der Waals surface area (Å²) in [4.78, 5) is 12.5. The molecule has 1 aliphatic heterocycles. The highest BCUT2D eigenvalue weighted by Crippen LogP contribution is 2.25. The maximum absolute atomic E-state index is 12.7. The fraction of sp³-hybridized carbons (Fsp3) is 0.263. The Kier molecular flexibility index (Phi) is 6.48. The molecular weight excluding hydrogens is 446 g/mol. The molecule has 1 aliphatic rings. The number of hydrogen-bond acceptors (Lipinski definition) is 5. The lowest BCUT2D eigenvalue weighted by Crippen LogP contribution is -2.42. The van der Waals surface area contributed by atoms with Crippen molar-refractivity contribution in [1.29, 1.82) is 0 Å². The van der Waals surface area contributed by atoms with E-state index < -0.39 is 10.0 Å². The van der Waals surface area contributed by atoms with E-state index in [0.29, 0.717) is 18.4 Å². The van der Waals surface area contributed by atoms with Gasteiger partial charge in [-0.15, -0.1) is 0 Å². The van der Waals surface area contributed by atoms with Crippen molar-refractivity contribution in [2.24, 2.45) is 11.0 Å². The van der Waals surface area contributed by atoms with Crippen LogP contribution in [0, 0.1) is 5.92 Å². The number of benzene rings is 2. The summed E-state index contributed by atoms with van der Waals surface area (Å²) >= 11 is 3.29. The monoisotopic (exact) mass is 465 g/mol. The van der Waals surface area contributed by atoms with Crippen LogP contribution in [0.1, 0.15) is 18.4 Å². The van der Waals surface area contributed by atoms with Crippen molar-refractivity contribution in [3.05, 3.63) is 58.6 Å². The van der Waals surface area contributed by atoms with E-state index >= 15 is 0 Å². The summed E-state index contributed by atoms with van der Waals surface area (Å²) in [5.74, 6) is -0.489. The number of nitrogens with one attached hydrogen (secondary N) is 1. The molecule has 0 aromatic heterocycles. The Hall–Kier alpha value is -2.23. The minimum Gasteiger partial charge on any atom is -0.507 e. The third-order valence-corrected chi connectivity index (χ3v) is 7.03. The molecule has 3 rings (SSSR count). The van der Waals surface area contributed by atoms with Crippen molar-refractivity contribution in [3.63, 3.8) is 0 Å². The van der Waals surface area contributed by atoms with Gasteiger partial charge in [-0.3, -0.25) is 4.79 Å². The van der Waals surface area contributed by atoms with E-state index in [2.05, 4.69) is 26.5 Å². The topological polar surface area (TPSA) is 99.1 Å². The Labute approximate surface area is 172 Å². The Balaban J connectivity index is 1.55. The number of nitrogens with zero attached hydrogens (tertiary/aromatic N) is 2. The van der Waals surface area contributed by atoms with E-state index in [1.54, 1.807) is 42.5 Å². The highest BCUT2D eigenvalue weighted by atomic mass is 79.9. The van der Waals surface area contributed by atoms with Gasteiger partial charge in [0.05, 0.1) is 11.1 Å². The molecule has 0 spiro atoms. The Bertz CT molecular complexity index is 969. The molecule has 0 aliphatic carbocycles. The van der Waals surface area contributed by atoms with Crippen LogP contribution >= 0.6 is 15.9 Å². The Morgan fingerprint density at radius 1 is 1.14 bits per heavy atom. The molecule has 9 heteroatoms. The van der Waals surface area contributed by atoms with Crippen LogP contribution in [0.15, 0.2) is 63.0 Å². The zero-order valence-corrected chi connectivity index (χ0v) is 17.4. The van der Waals surface area contributed by atoms with E-state index in [0.717, 1.165) is 4.47 Å². The number of rotatable bonds is 5. The number of phenolic OH excluding ortho intramolecular Hbond substituents is 1. The molecule has 7 nitrogen and oxygen atoms in total. The number of carbonyl (C=O) groups excluding carboxylic acids is 1. The van der Waals surface area contributed by atoms with Crippen LogP contribution in [0.5, 0.6) is 5.75 Å². The van der Waals surface area contributed by atoms with E-state index in [9.17, 15) is 18.3 Å². The lowest BCUT2D eigenvalue weighted by Gasteiger charge is -2.30. The van der Waals surface area contributed by atoms with Crippen LogP contribution in [-0.4, -0.2) is 43.0 Å². The molecule has 0 unspecified atom stereocenters. The van der Waals surface area contributed by atoms with E-state index in [4.69, 9.17) is 0 Å². The molecule has 148 valence electrons. The molecule has 2 aromatic rings. The van der Waals surface area contributed by atoms with Gasteiger partial charge >= 0.3 is 0 Å². The first-order valence-corrected chi connectivity index (χ1v) is 11.0. The number of carbonyl (C=O) groups is 1. The summed E-state index contributed by atoms with van der Waals surface area (Å²) in [6, 6.07) is 13.2. The average molecular weight is 466 g/mol. The van der Waals surface area contributed by atoms with Gasteiger partial charge in [0.15, 0.2) is 0 Å². The van der Waals surface area contributed by atoms with E-state index in [1.807, 2.05) is 0 Å². The number of phenols is 1. The number of piperidine rings is 1. The van der Waals surface area contributed by atoms with Gasteiger partial charge in [0.2, 0.25) is 15.9 Å². The summed E-state index contributed by atoms with van der Waals surface area (Å²) in [7, 11) is -3.56. The molecule has 2 aromatic carbocycles. The second-order valence-electron chi connectivity index (χ2n) is 6.43.